The molecule has 0 bridgehead atoms. The van der Waals surface area contributed by atoms with Crippen molar-refractivity contribution in [2.75, 3.05) is 19.8 Å². The highest BCUT2D eigenvalue weighted by molar-refractivity contribution is 7.53. The van der Waals surface area contributed by atoms with Crippen LogP contribution in [0.25, 0.3) is 0 Å². The number of carboxylic acid groups (broad SMARTS) is 2. The Morgan fingerprint density at radius 2 is 1.91 bits per heavy atom. The van der Waals surface area contributed by atoms with Crippen LogP contribution in [0.5, 0.6) is 0 Å². The van der Waals surface area contributed by atoms with Gasteiger partial charge in [-0.05, 0) is 12.8 Å². The van der Waals surface area contributed by atoms with Crippen LogP contribution in [-0.2, 0) is 28.0 Å². The quantitative estimate of drug-likeness (QED) is 0.367. The largest absolute Gasteiger partial charge is 0.480 e. The summed E-state index contributed by atoms with van der Waals surface area (Å²) in [6.07, 6.45) is -1.48. The van der Waals surface area contributed by atoms with Crippen LogP contribution in [0.3, 0.4) is 0 Å². The van der Waals surface area contributed by atoms with Gasteiger partial charge in [0, 0.05) is 7.11 Å². The normalized spacial score (nSPS) is 16.3. The molecule has 0 aliphatic heterocycles. The summed E-state index contributed by atoms with van der Waals surface area (Å²) >= 11 is 0. The summed E-state index contributed by atoms with van der Waals surface area (Å²) in [5.74, 6) is -3.23. The van der Waals surface area contributed by atoms with Gasteiger partial charge in [0.15, 0.2) is 0 Å². The van der Waals surface area contributed by atoms with Crippen LogP contribution >= 0.6 is 7.60 Å². The van der Waals surface area contributed by atoms with E-state index in [1.807, 2.05) is 0 Å². The second-order valence-electron chi connectivity index (χ2n) is 4.36. The number of carbonyl (C=O) groups excluding carboxylic acids is 1. The van der Waals surface area contributed by atoms with Gasteiger partial charge in [-0.1, -0.05) is 6.92 Å². The molecule has 10 nitrogen and oxygen atoms in total. The summed E-state index contributed by atoms with van der Waals surface area (Å²) in [4.78, 5) is 32.7. The fourth-order valence-corrected chi connectivity index (χ4v) is 2.99. The van der Waals surface area contributed by atoms with E-state index < -0.39 is 44.1 Å². The Balaban J connectivity index is 4.70. The zero-order valence-electron chi connectivity index (χ0n) is 12.4. The number of carboxylic acids is 2. The van der Waals surface area contributed by atoms with Crippen molar-refractivity contribution in [3.8, 4) is 0 Å². The lowest BCUT2D eigenvalue weighted by atomic mass is 10.2. The highest BCUT2D eigenvalue weighted by atomic mass is 31.2. The molecular formula is C11H21N2O8P. The molecule has 11 heteroatoms. The molecule has 128 valence electrons. The second kappa shape index (κ2) is 9.52. The Hall–Kier alpha value is -1.48. The molecule has 0 fully saturated rings. The Labute approximate surface area is 127 Å². The highest BCUT2D eigenvalue weighted by Crippen LogP contribution is 2.49. The molecule has 0 saturated heterocycles. The summed E-state index contributed by atoms with van der Waals surface area (Å²) in [5.41, 5.74) is 5.31. The van der Waals surface area contributed by atoms with Crippen LogP contribution in [0.2, 0.25) is 0 Å². The average Bonchev–Trinajstić information content (AvgIpc) is 2.47. The molecule has 0 aromatic rings. The molecule has 1 unspecified atom stereocenters. The molecule has 22 heavy (non-hydrogen) atoms. The molecule has 0 aromatic carbocycles. The molecule has 0 rings (SSSR count). The fraction of sp³-hybridized carbons (Fsp3) is 0.727. The molecule has 3 atom stereocenters. The summed E-state index contributed by atoms with van der Waals surface area (Å²) < 4.78 is 22.2. The van der Waals surface area contributed by atoms with Gasteiger partial charge in [-0.25, -0.2) is 0 Å². The van der Waals surface area contributed by atoms with Crippen molar-refractivity contribution in [1.82, 2.24) is 5.32 Å². The first-order valence-corrected chi connectivity index (χ1v) is 8.19. The Morgan fingerprint density at radius 1 is 1.32 bits per heavy atom. The molecule has 0 radical (unpaired) electrons. The first-order chi connectivity index (χ1) is 10.1. The number of carbonyl (C=O) groups is 3. The van der Waals surface area contributed by atoms with Crippen molar-refractivity contribution in [2.24, 2.45) is 5.73 Å². The smallest absolute Gasteiger partial charge is 0.331 e. The number of aliphatic carboxylic acids is 2. The predicted octanol–water partition coefficient (Wildman–Crippen LogP) is -0.376. The van der Waals surface area contributed by atoms with Gasteiger partial charge in [0.2, 0.25) is 5.91 Å². The van der Waals surface area contributed by atoms with Gasteiger partial charge in [0.25, 0.3) is 0 Å². The van der Waals surface area contributed by atoms with Crippen molar-refractivity contribution in [3.05, 3.63) is 0 Å². The number of nitrogens with two attached hydrogens (primary N) is 1. The third-order valence-corrected chi connectivity index (χ3v) is 4.61. The van der Waals surface area contributed by atoms with Gasteiger partial charge in [-0.15, -0.1) is 0 Å². The van der Waals surface area contributed by atoms with Gasteiger partial charge in [-0.2, -0.15) is 0 Å². The third kappa shape index (κ3) is 7.51. The monoisotopic (exact) mass is 340 g/mol. The minimum Gasteiger partial charge on any atom is -0.480 e. The van der Waals surface area contributed by atoms with Crippen LogP contribution in [0, 0.1) is 0 Å². The van der Waals surface area contributed by atoms with Crippen molar-refractivity contribution < 1.29 is 38.2 Å². The van der Waals surface area contributed by atoms with Crippen LogP contribution in [0.4, 0.5) is 0 Å². The Morgan fingerprint density at radius 3 is 2.32 bits per heavy atom. The SMILES string of the molecule is CC[C@H](O[P@](=O)(CCC(N)C(=O)O)OC)C(=O)NCC(=O)O. The Bertz CT molecular complexity index is 455. The van der Waals surface area contributed by atoms with Crippen LogP contribution in [0.15, 0.2) is 0 Å². The molecule has 5 N–H and O–H groups in total. The standard InChI is InChI=1S/C11H21N2O8P/c1-3-8(10(16)13-6-9(14)15)21-22(19,20-2)5-4-7(12)11(17)18/h7-8H,3-6,12H2,1-2H3,(H,13,16)(H,14,15)(H,17,18)/t7?,8-,22-/m0/s1. The van der Waals surface area contributed by atoms with Crippen LogP contribution < -0.4 is 11.1 Å². The number of nitrogens with one attached hydrogen (secondary N) is 1. The highest BCUT2D eigenvalue weighted by Gasteiger charge is 2.32. The summed E-state index contributed by atoms with van der Waals surface area (Å²) in [6.45, 7) is 0.980. The van der Waals surface area contributed by atoms with E-state index in [0.29, 0.717) is 0 Å². The first-order valence-electron chi connectivity index (χ1n) is 6.46. The number of hydrogen-bond donors (Lipinski definition) is 4. The van der Waals surface area contributed by atoms with Gasteiger partial charge in [-0.3, -0.25) is 23.5 Å². The maximum atomic E-state index is 12.3. The summed E-state index contributed by atoms with van der Waals surface area (Å²) in [6, 6.07) is -1.23. The van der Waals surface area contributed by atoms with Crippen molar-refractivity contribution >= 4 is 25.4 Å². The van der Waals surface area contributed by atoms with E-state index in [4.69, 9.17) is 25.0 Å². The van der Waals surface area contributed by atoms with Crippen LogP contribution in [0.1, 0.15) is 19.8 Å². The van der Waals surface area contributed by atoms with E-state index in [0.717, 1.165) is 7.11 Å². The second-order valence-corrected chi connectivity index (χ2v) is 6.61. The number of amides is 1. The summed E-state index contributed by atoms with van der Waals surface area (Å²) in [5, 5.41) is 19.3. The third-order valence-electron chi connectivity index (χ3n) is 2.67. The summed E-state index contributed by atoms with van der Waals surface area (Å²) in [7, 11) is -2.61. The van der Waals surface area contributed by atoms with Crippen molar-refractivity contribution in [1.29, 1.82) is 0 Å². The van der Waals surface area contributed by atoms with E-state index in [-0.39, 0.29) is 19.0 Å². The topological polar surface area (TPSA) is 165 Å². The van der Waals surface area contributed by atoms with E-state index in [1.54, 1.807) is 6.92 Å². The van der Waals surface area contributed by atoms with E-state index in [2.05, 4.69) is 5.32 Å². The van der Waals surface area contributed by atoms with Gasteiger partial charge >= 0.3 is 19.5 Å². The van der Waals surface area contributed by atoms with Gasteiger partial charge < -0.3 is 25.8 Å². The molecule has 0 aromatic heterocycles. The molecule has 0 aliphatic carbocycles. The van der Waals surface area contributed by atoms with Crippen LogP contribution in [-0.4, -0.2) is 60.0 Å². The molecule has 1 amide bonds. The maximum Gasteiger partial charge on any atom is 0.331 e. The molecule has 0 spiro atoms. The molecule has 0 saturated carbocycles. The lowest BCUT2D eigenvalue weighted by Gasteiger charge is -2.22. The minimum absolute atomic E-state index is 0.129. The van der Waals surface area contributed by atoms with Gasteiger partial charge in [0.05, 0.1) is 6.16 Å². The number of hydrogen-bond acceptors (Lipinski definition) is 7. The first kappa shape index (κ1) is 20.5. The zero-order valence-corrected chi connectivity index (χ0v) is 13.2. The van der Waals surface area contributed by atoms with Gasteiger partial charge in [0.1, 0.15) is 18.7 Å². The zero-order chi connectivity index (χ0) is 17.3. The fourth-order valence-electron chi connectivity index (χ4n) is 1.39. The predicted molar refractivity (Wildman–Crippen MR) is 75.5 cm³/mol. The lowest BCUT2D eigenvalue weighted by molar-refractivity contribution is -0.139. The Kier molecular flexibility index (Phi) is 8.88. The number of rotatable bonds is 11. The minimum atomic E-state index is -3.72. The molecule has 0 heterocycles. The average molecular weight is 340 g/mol. The van der Waals surface area contributed by atoms with E-state index in [1.165, 1.54) is 0 Å². The van der Waals surface area contributed by atoms with Crippen molar-refractivity contribution in [3.63, 3.8) is 0 Å². The lowest BCUT2D eigenvalue weighted by Crippen LogP contribution is -2.38. The molecule has 0 aliphatic rings. The van der Waals surface area contributed by atoms with E-state index >= 15 is 0 Å². The maximum absolute atomic E-state index is 12.3. The van der Waals surface area contributed by atoms with Crippen molar-refractivity contribution in [2.45, 2.75) is 31.9 Å². The molecular weight excluding hydrogens is 319 g/mol. The van der Waals surface area contributed by atoms with E-state index in [9.17, 15) is 18.9 Å².